The van der Waals surface area contributed by atoms with E-state index in [1.807, 2.05) is 0 Å². The van der Waals surface area contributed by atoms with Gasteiger partial charge in [-0.15, -0.1) is 0 Å². The maximum Gasteiger partial charge on any atom is 0.394 e. The van der Waals surface area contributed by atoms with Gasteiger partial charge in [0.25, 0.3) is 0 Å². The molecule has 0 aliphatic rings. The Morgan fingerprint density at radius 1 is 1.17 bits per heavy atom. The lowest BCUT2D eigenvalue weighted by molar-refractivity contribution is -0.870. The first-order valence-corrected chi connectivity index (χ1v) is 4.96. The Morgan fingerprint density at radius 3 is 1.42 bits per heavy atom. The third kappa shape index (κ3) is 52.2. The summed E-state index contributed by atoms with van der Waals surface area (Å²) in [5.74, 6) is 0. The van der Waals surface area contributed by atoms with E-state index >= 15 is 0 Å². The summed E-state index contributed by atoms with van der Waals surface area (Å²) in [7, 11) is 1.97. The van der Waals surface area contributed by atoms with Crippen LogP contribution in [-0.2, 0) is 10.4 Å². The third-order valence-electron chi connectivity index (χ3n) is 0.894. The predicted molar refractivity (Wildman–Crippen MR) is 47.4 cm³/mol. The topological polar surface area (TPSA) is 74.6 Å². The highest BCUT2D eigenvalue weighted by atomic mass is 32.3. The van der Waals surface area contributed by atoms with Crippen LogP contribution in [0.3, 0.4) is 0 Å². The van der Waals surface area contributed by atoms with Gasteiger partial charge in [0.05, 0.1) is 27.7 Å². The molecule has 0 heterocycles. The van der Waals surface area contributed by atoms with Crippen molar-refractivity contribution in [2.45, 2.75) is 13.3 Å². The molecule has 0 unspecified atom stereocenters. The molecular formula is C6H18NO4S+. The van der Waals surface area contributed by atoms with Gasteiger partial charge in [0, 0.05) is 0 Å². The van der Waals surface area contributed by atoms with Gasteiger partial charge in [0.2, 0.25) is 0 Å². The molecule has 0 atom stereocenters. The lowest BCUT2D eigenvalue weighted by Crippen LogP contribution is -2.34. The monoisotopic (exact) mass is 200 g/mol. The summed E-state index contributed by atoms with van der Waals surface area (Å²) in [6.07, 6.45) is 1.28. The number of hydrogen-bond donors (Lipinski definition) is 2. The minimum Gasteiger partial charge on any atom is -0.331 e. The van der Waals surface area contributed by atoms with Gasteiger partial charge >= 0.3 is 10.4 Å². The Bertz CT molecular complexity index is 184. The van der Waals surface area contributed by atoms with Crippen molar-refractivity contribution in [3.63, 3.8) is 0 Å². The first kappa shape index (κ1) is 14.4. The zero-order chi connectivity index (χ0) is 10.4. The molecular weight excluding hydrogens is 182 g/mol. The summed E-state index contributed by atoms with van der Waals surface area (Å²) in [6, 6.07) is 0. The molecule has 0 saturated heterocycles. The highest BCUT2D eigenvalue weighted by Gasteiger charge is 2.01. The summed E-state index contributed by atoms with van der Waals surface area (Å²) >= 11 is 0. The lowest BCUT2D eigenvalue weighted by Gasteiger charge is -2.22. The van der Waals surface area contributed by atoms with Crippen LogP contribution in [0.5, 0.6) is 0 Å². The fourth-order valence-corrected chi connectivity index (χ4v) is 0.671. The van der Waals surface area contributed by atoms with Crippen molar-refractivity contribution in [1.29, 1.82) is 0 Å². The van der Waals surface area contributed by atoms with E-state index in [9.17, 15) is 0 Å². The molecule has 5 nitrogen and oxygen atoms in total. The van der Waals surface area contributed by atoms with Crippen LogP contribution in [0.4, 0.5) is 0 Å². The minimum absolute atomic E-state index is 1.09. The zero-order valence-corrected chi connectivity index (χ0v) is 8.80. The van der Waals surface area contributed by atoms with Crippen molar-refractivity contribution in [3.8, 4) is 0 Å². The van der Waals surface area contributed by atoms with Crippen LogP contribution < -0.4 is 0 Å². The average molecular weight is 200 g/mol. The second kappa shape index (κ2) is 5.47. The first-order valence-electron chi connectivity index (χ1n) is 3.56. The van der Waals surface area contributed by atoms with Gasteiger partial charge in [-0.1, -0.05) is 6.92 Å². The molecule has 0 aromatic heterocycles. The van der Waals surface area contributed by atoms with E-state index in [1.54, 1.807) is 0 Å². The molecule has 0 rings (SSSR count). The molecule has 0 aromatic rings. The molecule has 76 valence electrons. The van der Waals surface area contributed by atoms with Gasteiger partial charge in [0.1, 0.15) is 0 Å². The van der Waals surface area contributed by atoms with Gasteiger partial charge in [-0.2, -0.15) is 8.42 Å². The second-order valence-electron chi connectivity index (χ2n) is 3.46. The number of quaternary nitrogens is 1. The third-order valence-corrected chi connectivity index (χ3v) is 0.894. The average Bonchev–Trinajstić information content (AvgIpc) is 1.54. The molecule has 0 radical (unpaired) electrons. The summed E-state index contributed by atoms with van der Waals surface area (Å²) in [4.78, 5) is 0. The van der Waals surface area contributed by atoms with Gasteiger partial charge < -0.3 is 4.48 Å². The molecule has 6 heteroatoms. The van der Waals surface area contributed by atoms with Crippen molar-refractivity contribution in [3.05, 3.63) is 0 Å². The van der Waals surface area contributed by atoms with Gasteiger partial charge in [0.15, 0.2) is 0 Å². The summed E-state index contributed by atoms with van der Waals surface area (Å²) in [5, 5.41) is 0. The smallest absolute Gasteiger partial charge is 0.331 e. The number of nitrogens with zero attached hydrogens (tertiary/aromatic N) is 1. The van der Waals surface area contributed by atoms with Gasteiger partial charge in [-0.25, -0.2) is 0 Å². The zero-order valence-electron chi connectivity index (χ0n) is 7.98. The van der Waals surface area contributed by atoms with E-state index < -0.39 is 10.4 Å². The first-order chi connectivity index (χ1) is 5.06. The molecule has 0 aromatic carbocycles. The SMILES string of the molecule is CCC[N+](C)(C)C.O=S(=O)(O)O. The molecule has 0 aliphatic carbocycles. The van der Waals surface area contributed by atoms with Crippen molar-refractivity contribution >= 4 is 10.4 Å². The van der Waals surface area contributed by atoms with Gasteiger partial charge in [-0.05, 0) is 6.42 Å². The second-order valence-corrected chi connectivity index (χ2v) is 4.36. The number of rotatable bonds is 2. The van der Waals surface area contributed by atoms with Crippen LogP contribution in [0, 0.1) is 0 Å². The Kier molecular flexibility index (Phi) is 6.55. The molecule has 0 saturated carbocycles. The van der Waals surface area contributed by atoms with Crippen LogP contribution in [0.15, 0.2) is 0 Å². The van der Waals surface area contributed by atoms with Gasteiger partial charge in [-0.3, -0.25) is 9.11 Å². The molecule has 12 heavy (non-hydrogen) atoms. The van der Waals surface area contributed by atoms with Crippen LogP contribution in [-0.4, -0.2) is 49.7 Å². The van der Waals surface area contributed by atoms with Crippen LogP contribution in [0.2, 0.25) is 0 Å². The van der Waals surface area contributed by atoms with Crippen molar-refractivity contribution in [1.82, 2.24) is 0 Å². The maximum atomic E-state index is 8.74. The van der Waals surface area contributed by atoms with E-state index in [0.717, 1.165) is 4.48 Å². The largest absolute Gasteiger partial charge is 0.394 e. The van der Waals surface area contributed by atoms with E-state index in [-0.39, 0.29) is 0 Å². The lowest BCUT2D eigenvalue weighted by atomic mass is 10.4. The van der Waals surface area contributed by atoms with Crippen LogP contribution in [0.1, 0.15) is 13.3 Å². The Balaban J connectivity index is 0. The Labute approximate surface area is 74.2 Å². The molecule has 0 spiro atoms. The maximum absolute atomic E-state index is 8.74. The minimum atomic E-state index is -4.67. The van der Waals surface area contributed by atoms with E-state index in [2.05, 4.69) is 28.1 Å². The molecule has 0 aliphatic heterocycles. The molecule has 0 bridgehead atoms. The van der Waals surface area contributed by atoms with E-state index in [1.165, 1.54) is 13.0 Å². The highest BCUT2D eigenvalue weighted by Crippen LogP contribution is 1.90. The Hall–Kier alpha value is -0.170. The molecule has 2 N–H and O–H groups in total. The van der Waals surface area contributed by atoms with E-state index in [0.29, 0.717) is 0 Å². The fourth-order valence-electron chi connectivity index (χ4n) is 0.671. The summed E-state index contributed by atoms with van der Waals surface area (Å²) in [5.41, 5.74) is 0. The predicted octanol–water partition coefficient (Wildman–Crippen LogP) is 0.450. The standard InChI is InChI=1S/C6H16N.H2O4S/c1-5-6-7(2,3)4;1-5(2,3)4/h5-6H2,1-4H3;(H2,1,2,3,4)/q+1;. The van der Waals surface area contributed by atoms with E-state index in [4.69, 9.17) is 17.5 Å². The number of hydrogen-bond acceptors (Lipinski definition) is 2. The highest BCUT2D eigenvalue weighted by molar-refractivity contribution is 7.79. The molecule has 0 fully saturated rings. The van der Waals surface area contributed by atoms with Crippen LogP contribution in [0.25, 0.3) is 0 Å². The fraction of sp³-hybridized carbons (Fsp3) is 1.00. The van der Waals surface area contributed by atoms with Crippen molar-refractivity contribution in [2.24, 2.45) is 0 Å². The normalized spacial score (nSPS) is 11.8. The summed E-state index contributed by atoms with van der Waals surface area (Å²) < 4.78 is 32.7. The summed E-state index contributed by atoms with van der Waals surface area (Å²) in [6.45, 7) is 3.49. The van der Waals surface area contributed by atoms with Crippen LogP contribution >= 0.6 is 0 Å². The van der Waals surface area contributed by atoms with Crippen molar-refractivity contribution < 1.29 is 22.0 Å². The Morgan fingerprint density at radius 2 is 1.42 bits per heavy atom. The quantitative estimate of drug-likeness (QED) is 0.501. The van der Waals surface area contributed by atoms with Crippen molar-refractivity contribution in [2.75, 3.05) is 27.7 Å². The molecule has 0 amide bonds.